The molecule has 0 aromatic carbocycles. The average molecular weight is 274 g/mol. The number of hydrogen-bond donors (Lipinski definition) is 2. The number of rotatable bonds is 2. The van der Waals surface area contributed by atoms with Gasteiger partial charge in [0.05, 0.1) is 5.69 Å². The quantitative estimate of drug-likeness (QED) is 0.643. The summed E-state index contributed by atoms with van der Waals surface area (Å²) in [4.78, 5) is 6.60. The Hall–Kier alpha value is -1.58. The molecule has 0 bridgehead atoms. The Morgan fingerprint density at radius 1 is 1.35 bits per heavy atom. The van der Waals surface area contributed by atoms with E-state index in [1.54, 1.807) is 6.20 Å². The lowest BCUT2D eigenvalue weighted by molar-refractivity contribution is 0.220. The van der Waals surface area contributed by atoms with Gasteiger partial charge < -0.3 is 10.6 Å². The second kappa shape index (κ2) is 5.81. The molecule has 1 saturated heterocycles. The first-order chi connectivity index (χ1) is 9.39. The fraction of sp³-hybridized carbons (Fsp3) is 0.625. The van der Waals surface area contributed by atoms with Crippen molar-refractivity contribution in [2.75, 3.05) is 18.0 Å². The number of nitrogen functional groups attached to an aromatic ring is 1. The van der Waals surface area contributed by atoms with Crippen LogP contribution in [0.2, 0.25) is 0 Å². The molecule has 2 heterocycles. The Labute approximate surface area is 121 Å². The summed E-state index contributed by atoms with van der Waals surface area (Å²) in [5, 5.41) is 7.68. The largest absolute Gasteiger partial charge is 0.382 e. The van der Waals surface area contributed by atoms with E-state index in [4.69, 9.17) is 11.1 Å². The maximum atomic E-state index is 7.68. The standard InChI is InChI=1S/C16H26N4/c1-16(2,3)12-6-5-10-20(11-8-12)13-7-4-9-19-14(13)15(17)18/h4,7,9,12H,5-6,8,10-11H2,1-3H3,(H3,17,18). The highest BCUT2D eigenvalue weighted by Gasteiger charge is 2.27. The van der Waals surface area contributed by atoms with Crippen LogP contribution >= 0.6 is 0 Å². The number of anilines is 1. The van der Waals surface area contributed by atoms with Gasteiger partial charge in [-0.1, -0.05) is 20.8 Å². The molecule has 2 rings (SSSR count). The van der Waals surface area contributed by atoms with Crippen molar-refractivity contribution in [3.05, 3.63) is 24.0 Å². The van der Waals surface area contributed by atoms with Crippen molar-refractivity contribution in [3.63, 3.8) is 0 Å². The summed E-state index contributed by atoms with van der Waals surface area (Å²) in [7, 11) is 0. The third-order valence-corrected chi connectivity index (χ3v) is 4.34. The van der Waals surface area contributed by atoms with Crippen molar-refractivity contribution in [1.29, 1.82) is 5.41 Å². The molecule has 1 aliphatic heterocycles. The molecule has 4 nitrogen and oxygen atoms in total. The van der Waals surface area contributed by atoms with Crippen LogP contribution < -0.4 is 10.6 Å². The highest BCUT2D eigenvalue weighted by atomic mass is 15.1. The van der Waals surface area contributed by atoms with Crippen molar-refractivity contribution < 1.29 is 0 Å². The first-order valence-corrected chi connectivity index (χ1v) is 7.44. The molecule has 0 spiro atoms. The van der Waals surface area contributed by atoms with Crippen molar-refractivity contribution in [2.24, 2.45) is 17.1 Å². The zero-order chi connectivity index (χ0) is 14.8. The molecule has 0 saturated carbocycles. The minimum atomic E-state index is 0.0530. The van der Waals surface area contributed by atoms with Gasteiger partial charge in [-0.2, -0.15) is 0 Å². The molecule has 1 atom stereocenters. The van der Waals surface area contributed by atoms with Gasteiger partial charge in [-0.15, -0.1) is 0 Å². The predicted molar refractivity (Wildman–Crippen MR) is 84.3 cm³/mol. The number of nitrogens with two attached hydrogens (primary N) is 1. The second-order valence-corrected chi connectivity index (χ2v) is 6.77. The van der Waals surface area contributed by atoms with Crippen LogP contribution in [0.3, 0.4) is 0 Å². The molecule has 110 valence electrons. The van der Waals surface area contributed by atoms with E-state index in [0.717, 1.165) is 24.7 Å². The molecular formula is C16H26N4. The van der Waals surface area contributed by atoms with Gasteiger partial charge in [-0.25, -0.2) is 0 Å². The van der Waals surface area contributed by atoms with Gasteiger partial charge in [-0.05, 0) is 42.7 Å². The van der Waals surface area contributed by atoms with Gasteiger partial charge in [0, 0.05) is 19.3 Å². The van der Waals surface area contributed by atoms with Gasteiger partial charge in [0.2, 0.25) is 0 Å². The molecule has 1 fully saturated rings. The number of nitrogens with zero attached hydrogens (tertiary/aromatic N) is 2. The van der Waals surface area contributed by atoms with Gasteiger partial charge in [0.15, 0.2) is 0 Å². The summed E-state index contributed by atoms with van der Waals surface area (Å²) in [6.45, 7) is 9.04. The molecule has 0 aliphatic carbocycles. The van der Waals surface area contributed by atoms with Gasteiger partial charge >= 0.3 is 0 Å². The summed E-state index contributed by atoms with van der Waals surface area (Å²) in [6.07, 6.45) is 5.36. The van der Waals surface area contributed by atoms with Gasteiger partial charge in [0.1, 0.15) is 11.5 Å². The fourth-order valence-electron chi connectivity index (χ4n) is 3.06. The number of amidine groups is 1. The minimum absolute atomic E-state index is 0.0530. The zero-order valence-corrected chi connectivity index (χ0v) is 12.8. The highest BCUT2D eigenvalue weighted by molar-refractivity contribution is 5.98. The van der Waals surface area contributed by atoms with Crippen LogP contribution in [0.15, 0.2) is 18.3 Å². The SMILES string of the molecule is CC(C)(C)C1CCCN(c2cccnc2C(=N)N)CC1. The lowest BCUT2D eigenvalue weighted by Gasteiger charge is -2.30. The van der Waals surface area contributed by atoms with Crippen LogP contribution in [0.25, 0.3) is 0 Å². The van der Waals surface area contributed by atoms with E-state index in [1.807, 2.05) is 12.1 Å². The molecular weight excluding hydrogens is 248 g/mol. The maximum Gasteiger partial charge on any atom is 0.143 e. The molecule has 3 N–H and O–H groups in total. The Balaban J connectivity index is 2.17. The molecule has 1 aromatic heterocycles. The molecule has 4 heteroatoms. The molecule has 1 aromatic rings. The normalized spacial score (nSPS) is 20.6. The van der Waals surface area contributed by atoms with Crippen LogP contribution in [0.4, 0.5) is 5.69 Å². The van der Waals surface area contributed by atoms with Crippen molar-refractivity contribution in [2.45, 2.75) is 40.0 Å². The number of hydrogen-bond acceptors (Lipinski definition) is 3. The minimum Gasteiger partial charge on any atom is -0.382 e. The monoisotopic (exact) mass is 274 g/mol. The third kappa shape index (κ3) is 3.30. The Morgan fingerprint density at radius 2 is 2.10 bits per heavy atom. The van der Waals surface area contributed by atoms with E-state index in [0.29, 0.717) is 11.1 Å². The summed E-state index contributed by atoms with van der Waals surface area (Å²) in [5.74, 6) is 0.808. The van der Waals surface area contributed by atoms with Crippen molar-refractivity contribution in [1.82, 2.24) is 4.98 Å². The zero-order valence-electron chi connectivity index (χ0n) is 12.8. The highest BCUT2D eigenvalue weighted by Crippen LogP contribution is 2.35. The number of pyridine rings is 1. The van der Waals surface area contributed by atoms with E-state index in [9.17, 15) is 0 Å². The van der Waals surface area contributed by atoms with E-state index in [2.05, 4.69) is 30.7 Å². The van der Waals surface area contributed by atoms with Crippen LogP contribution in [0.5, 0.6) is 0 Å². The first kappa shape index (κ1) is 14.8. The summed E-state index contributed by atoms with van der Waals surface area (Å²) in [5.41, 5.74) is 7.64. The molecule has 0 radical (unpaired) electrons. The lowest BCUT2D eigenvalue weighted by Crippen LogP contribution is -2.29. The summed E-state index contributed by atoms with van der Waals surface area (Å²) < 4.78 is 0. The molecule has 0 amide bonds. The summed E-state index contributed by atoms with van der Waals surface area (Å²) in [6, 6.07) is 3.95. The van der Waals surface area contributed by atoms with Gasteiger partial charge in [0.25, 0.3) is 0 Å². The van der Waals surface area contributed by atoms with Crippen LogP contribution in [0.1, 0.15) is 45.7 Å². The topological polar surface area (TPSA) is 66.0 Å². The van der Waals surface area contributed by atoms with Crippen LogP contribution in [-0.4, -0.2) is 23.9 Å². The maximum absolute atomic E-state index is 7.68. The Bertz CT molecular complexity index is 476. The average Bonchev–Trinajstić information content (AvgIpc) is 2.63. The summed E-state index contributed by atoms with van der Waals surface area (Å²) >= 11 is 0. The molecule has 1 unspecified atom stereocenters. The molecule has 20 heavy (non-hydrogen) atoms. The fourth-order valence-corrected chi connectivity index (χ4v) is 3.06. The van der Waals surface area contributed by atoms with Crippen LogP contribution in [-0.2, 0) is 0 Å². The van der Waals surface area contributed by atoms with Crippen molar-refractivity contribution >= 4 is 11.5 Å². The first-order valence-electron chi connectivity index (χ1n) is 7.44. The van der Waals surface area contributed by atoms with Crippen LogP contribution in [0, 0.1) is 16.7 Å². The number of aromatic nitrogens is 1. The van der Waals surface area contributed by atoms with Crippen molar-refractivity contribution in [3.8, 4) is 0 Å². The van der Waals surface area contributed by atoms with E-state index >= 15 is 0 Å². The van der Waals surface area contributed by atoms with E-state index < -0.39 is 0 Å². The lowest BCUT2D eigenvalue weighted by atomic mass is 9.77. The predicted octanol–water partition coefficient (Wildman–Crippen LogP) is 3.02. The second-order valence-electron chi connectivity index (χ2n) is 6.77. The van der Waals surface area contributed by atoms with Gasteiger partial charge in [-0.3, -0.25) is 10.4 Å². The van der Waals surface area contributed by atoms with E-state index in [-0.39, 0.29) is 5.84 Å². The van der Waals surface area contributed by atoms with E-state index in [1.165, 1.54) is 19.3 Å². The third-order valence-electron chi connectivity index (χ3n) is 4.34. The Kier molecular flexibility index (Phi) is 4.31. The number of nitrogens with one attached hydrogen (secondary N) is 1. The smallest absolute Gasteiger partial charge is 0.143 e. The Morgan fingerprint density at radius 3 is 2.75 bits per heavy atom. The molecule has 1 aliphatic rings.